The van der Waals surface area contributed by atoms with Gasteiger partial charge in [-0.3, -0.25) is 0 Å². The third-order valence-electron chi connectivity index (χ3n) is 0.448. The van der Waals surface area contributed by atoms with Crippen molar-refractivity contribution < 1.29 is 21.6 Å². The SMILES string of the molecule is O=S=NP(N=S=O)C(F)(F)F. The van der Waals surface area contributed by atoms with E-state index in [1.165, 1.54) is 0 Å². The Morgan fingerprint density at radius 2 is 1.45 bits per heavy atom. The standard InChI is InChI=1S/CF3N2O2PS2/c2-1(3,4)9(5-10-7)6-11-8. The summed E-state index contributed by atoms with van der Waals surface area (Å²) in [5.74, 6) is -4.69. The molecule has 0 saturated heterocycles. The maximum absolute atomic E-state index is 11.6. The van der Waals surface area contributed by atoms with Gasteiger partial charge < -0.3 is 0 Å². The van der Waals surface area contributed by atoms with Crippen LogP contribution < -0.4 is 0 Å². The van der Waals surface area contributed by atoms with Gasteiger partial charge in [0, 0.05) is 0 Å². The molecule has 11 heavy (non-hydrogen) atoms. The van der Waals surface area contributed by atoms with Crippen LogP contribution in [0.2, 0.25) is 0 Å². The highest BCUT2D eigenvalue weighted by molar-refractivity contribution is 7.72. The molecule has 0 atom stereocenters. The van der Waals surface area contributed by atoms with Gasteiger partial charge in [-0.1, -0.05) is 0 Å². The van der Waals surface area contributed by atoms with Crippen LogP contribution in [0.25, 0.3) is 0 Å². The molecular weight excluding hydrogens is 224 g/mol. The Kier molecular flexibility index (Phi) is 4.62. The van der Waals surface area contributed by atoms with Crippen LogP contribution >= 0.6 is 8.22 Å². The Hall–Kier alpha value is -0.140. The second-order valence-corrected chi connectivity index (χ2v) is 3.76. The van der Waals surface area contributed by atoms with Crippen molar-refractivity contribution in [1.82, 2.24) is 0 Å². The van der Waals surface area contributed by atoms with E-state index in [1.54, 1.807) is 0 Å². The first-order chi connectivity index (χ1) is 5.02. The molecule has 0 amide bonds. The molecule has 0 aromatic rings. The number of hydrogen-bond acceptors (Lipinski definition) is 4. The number of nitrogens with zero attached hydrogens (tertiary/aromatic N) is 2. The van der Waals surface area contributed by atoms with Gasteiger partial charge in [0.25, 0.3) is 8.22 Å². The minimum atomic E-state index is -4.69. The quantitative estimate of drug-likeness (QED) is 0.669. The van der Waals surface area contributed by atoms with Crippen LogP contribution in [0.15, 0.2) is 8.27 Å². The van der Waals surface area contributed by atoms with Crippen molar-refractivity contribution >= 4 is 31.1 Å². The molecule has 0 unspecified atom stereocenters. The largest absolute Gasteiger partial charge is 0.450 e. The van der Waals surface area contributed by atoms with Crippen molar-refractivity contribution in [3.63, 3.8) is 0 Å². The molecule has 0 bridgehead atoms. The molecular formula is CF3N2O2PS2. The Labute approximate surface area is 67.5 Å². The maximum atomic E-state index is 11.6. The van der Waals surface area contributed by atoms with E-state index in [2.05, 4.69) is 8.27 Å². The highest BCUT2D eigenvalue weighted by atomic mass is 32.1. The van der Waals surface area contributed by atoms with Crippen molar-refractivity contribution in [2.75, 3.05) is 0 Å². The Morgan fingerprint density at radius 1 is 1.09 bits per heavy atom. The predicted octanol–water partition coefficient (Wildman–Crippen LogP) is 1.61. The van der Waals surface area contributed by atoms with E-state index >= 15 is 0 Å². The van der Waals surface area contributed by atoms with Crippen LogP contribution in [0, 0.1) is 0 Å². The van der Waals surface area contributed by atoms with Gasteiger partial charge in [0.2, 0.25) is 22.9 Å². The lowest BCUT2D eigenvalue weighted by Crippen LogP contribution is -2.00. The fraction of sp³-hybridized carbons (Fsp3) is 1.00. The van der Waals surface area contributed by atoms with Crippen molar-refractivity contribution in [3.8, 4) is 0 Å². The first-order valence-corrected chi connectivity index (χ1v) is 4.53. The average Bonchev–Trinajstić information content (AvgIpc) is 1.85. The molecule has 0 aromatic carbocycles. The summed E-state index contributed by atoms with van der Waals surface area (Å²) in [7, 11) is -3.15. The summed E-state index contributed by atoms with van der Waals surface area (Å²) in [6.07, 6.45) is 0. The first kappa shape index (κ1) is 10.9. The molecule has 0 fully saturated rings. The zero-order chi connectivity index (χ0) is 8.91. The van der Waals surface area contributed by atoms with Crippen LogP contribution in [0.4, 0.5) is 13.2 Å². The zero-order valence-corrected chi connectivity index (χ0v) is 7.14. The van der Waals surface area contributed by atoms with E-state index in [1.807, 2.05) is 0 Å². The third-order valence-corrected chi connectivity index (χ3v) is 2.67. The second kappa shape index (κ2) is 4.68. The first-order valence-electron chi connectivity index (χ1n) is 1.89. The smallest absolute Gasteiger partial charge is 0.191 e. The molecule has 0 aromatic heterocycles. The van der Waals surface area contributed by atoms with Crippen molar-refractivity contribution in [2.45, 2.75) is 5.92 Å². The van der Waals surface area contributed by atoms with E-state index in [9.17, 15) is 21.6 Å². The summed E-state index contributed by atoms with van der Waals surface area (Å²) in [5.41, 5.74) is 0. The van der Waals surface area contributed by atoms with Gasteiger partial charge in [0.05, 0.1) is 0 Å². The number of hydrogen-bond donors (Lipinski definition) is 0. The fourth-order valence-corrected chi connectivity index (χ4v) is 1.80. The molecule has 0 spiro atoms. The summed E-state index contributed by atoms with van der Waals surface area (Å²) >= 11 is -1.17. The molecule has 0 N–H and O–H groups in total. The normalized spacial score (nSPS) is 13.4. The van der Waals surface area contributed by atoms with E-state index in [0.29, 0.717) is 0 Å². The van der Waals surface area contributed by atoms with Gasteiger partial charge in [-0.15, -0.1) is 8.27 Å². The van der Waals surface area contributed by atoms with Crippen molar-refractivity contribution in [1.29, 1.82) is 0 Å². The van der Waals surface area contributed by atoms with E-state index in [-0.39, 0.29) is 0 Å². The summed E-state index contributed by atoms with van der Waals surface area (Å²) in [6, 6.07) is 0. The monoisotopic (exact) mass is 224 g/mol. The van der Waals surface area contributed by atoms with Crippen molar-refractivity contribution in [2.24, 2.45) is 8.27 Å². The second-order valence-electron chi connectivity index (χ2n) is 1.07. The summed E-state index contributed by atoms with van der Waals surface area (Å²) in [6.45, 7) is 0. The van der Waals surface area contributed by atoms with E-state index in [4.69, 9.17) is 0 Å². The molecule has 0 aliphatic rings. The highest BCUT2D eigenvalue weighted by Crippen LogP contribution is 2.55. The van der Waals surface area contributed by atoms with Gasteiger partial charge in [-0.2, -0.15) is 21.6 Å². The maximum Gasteiger partial charge on any atom is 0.450 e. The van der Waals surface area contributed by atoms with Gasteiger partial charge >= 0.3 is 5.92 Å². The Bertz CT molecular complexity index is 212. The minimum Gasteiger partial charge on any atom is -0.191 e. The van der Waals surface area contributed by atoms with E-state index < -0.39 is 37.1 Å². The fourth-order valence-electron chi connectivity index (χ4n) is 0.171. The van der Waals surface area contributed by atoms with Gasteiger partial charge in [0.1, 0.15) is 0 Å². The lowest BCUT2D eigenvalue weighted by Gasteiger charge is -2.04. The van der Waals surface area contributed by atoms with Gasteiger partial charge in [-0.25, -0.2) is 0 Å². The zero-order valence-electron chi connectivity index (χ0n) is 4.61. The Balaban J connectivity index is 4.60. The lowest BCUT2D eigenvalue weighted by atomic mass is 11.6. The number of halogens is 3. The molecule has 0 aliphatic heterocycles. The molecule has 10 heteroatoms. The van der Waals surface area contributed by atoms with Crippen LogP contribution in [-0.4, -0.2) is 14.3 Å². The summed E-state index contributed by atoms with van der Waals surface area (Å²) in [5, 5.41) is 0. The third kappa shape index (κ3) is 4.33. The van der Waals surface area contributed by atoms with Crippen LogP contribution in [0.3, 0.4) is 0 Å². The van der Waals surface area contributed by atoms with Crippen LogP contribution in [0.1, 0.15) is 0 Å². The minimum absolute atomic E-state index is 0.586. The summed E-state index contributed by atoms with van der Waals surface area (Å²) < 4.78 is 59.0. The molecule has 0 rings (SSSR count). The molecule has 0 heterocycles. The lowest BCUT2D eigenvalue weighted by molar-refractivity contribution is -0.0402. The highest BCUT2D eigenvalue weighted by Gasteiger charge is 2.41. The molecule has 4 nitrogen and oxygen atoms in total. The van der Waals surface area contributed by atoms with Crippen LogP contribution in [-0.2, 0) is 22.9 Å². The molecule has 0 aliphatic carbocycles. The average molecular weight is 224 g/mol. The molecule has 64 valence electrons. The molecule has 0 saturated carbocycles. The van der Waals surface area contributed by atoms with Gasteiger partial charge in [0.15, 0.2) is 0 Å². The number of rotatable bonds is 2. The predicted molar refractivity (Wildman–Crippen MR) is 34.1 cm³/mol. The molecule has 0 radical (unpaired) electrons. The number of alkyl halides is 3. The van der Waals surface area contributed by atoms with Gasteiger partial charge in [-0.05, 0) is 0 Å². The topological polar surface area (TPSA) is 58.9 Å². The van der Waals surface area contributed by atoms with Crippen LogP contribution in [0.5, 0.6) is 0 Å². The Morgan fingerprint density at radius 3 is 1.64 bits per heavy atom. The summed E-state index contributed by atoms with van der Waals surface area (Å²) in [4.78, 5) is 0. The van der Waals surface area contributed by atoms with E-state index in [0.717, 1.165) is 0 Å². The van der Waals surface area contributed by atoms with Crippen molar-refractivity contribution in [3.05, 3.63) is 0 Å².